The number of carbonyl (C=O) groups excluding carboxylic acids is 2. The van der Waals surface area contributed by atoms with E-state index in [4.69, 9.17) is 14.7 Å². The molecule has 2 amide bonds. The maximum absolute atomic E-state index is 13.1. The van der Waals surface area contributed by atoms with Crippen molar-refractivity contribution in [2.24, 2.45) is 0 Å². The number of amides is 2. The first kappa shape index (κ1) is 18.0. The minimum atomic E-state index is -1.48. The zero-order valence-corrected chi connectivity index (χ0v) is 15.3. The molecule has 1 aromatic rings. The molecular weight excluding hydrogens is 346 g/mol. The molecule has 7 nitrogen and oxygen atoms in total. The molecule has 1 spiro atoms. The van der Waals surface area contributed by atoms with Gasteiger partial charge in [0.25, 0.3) is 17.6 Å². The van der Waals surface area contributed by atoms with Crippen LogP contribution in [0.2, 0.25) is 0 Å². The molecule has 27 heavy (non-hydrogen) atoms. The molecule has 4 rings (SSSR count). The molecule has 0 bridgehead atoms. The van der Waals surface area contributed by atoms with Crippen LogP contribution < -0.4 is 4.90 Å². The Balaban J connectivity index is 1.71. The molecule has 0 aromatic heterocycles. The zero-order chi connectivity index (χ0) is 18.9. The Morgan fingerprint density at radius 3 is 2.59 bits per heavy atom. The predicted octanol–water partition coefficient (Wildman–Crippen LogP) is 2.16. The minimum absolute atomic E-state index is 0.0219. The highest BCUT2D eigenvalue weighted by Gasteiger charge is 2.55. The lowest BCUT2D eigenvalue weighted by Gasteiger charge is -2.32. The van der Waals surface area contributed by atoms with Gasteiger partial charge in [0.05, 0.1) is 31.4 Å². The monoisotopic (exact) mass is 369 g/mol. The molecule has 0 saturated carbocycles. The minimum Gasteiger partial charge on any atom is -0.339 e. The number of benzene rings is 1. The Bertz CT molecular complexity index is 789. The van der Waals surface area contributed by atoms with E-state index in [2.05, 4.69) is 6.07 Å². The van der Waals surface area contributed by atoms with Gasteiger partial charge in [-0.25, -0.2) is 0 Å². The average Bonchev–Trinajstić information content (AvgIpc) is 2.94. The number of rotatable bonds is 3. The van der Waals surface area contributed by atoms with Crippen molar-refractivity contribution in [3.8, 4) is 6.07 Å². The van der Waals surface area contributed by atoms with Gasteiger partial charge in [-0.1, -0.05) is 0 Å². The van der Waals surface area contributed by atoms with E-state index in [1.54, 1.807) is 23.1 Å². The number of hydrogen-bond acceptors (Lipinski definition) is 5. The lowest BCUT2D eigenvalue weighted by Crippen LogP contribution is -2.47. The fraction of sp³-hybridized carbons (Fsp3) is 0.550. The standard InChI is InChI=1S/C20H23N3O4/c21-8-4-11-23-17-7-6-15(18(24)22-9-2-1-3-10-22)14-16(17)20(19(23)25)26-12-5-13-27-20/h6-7,14H,1-5,9-13H2. The molecule has 2 saturated heterocycles. The summed E-state index contributed by atoms with van der Waals surface area (Å²) in [4.78, 5) is 29.4. The SMILES string of the molecule is N#CCCN1C(=O)C2(OCCCO2)c2cc(C(=O)N3CCCCC3)ccc21. The second-order valence-corrected chi connectivity index (χ2v) is 7.12. The van der Waals surface area contributed by atoms with Gasteiger partial charge in [-0.3, -0.25) is 9.59 Å². The predicted molar refractivity (Wildman–Crippen MR) is 97.0 cm³/mol. The first-order chi connectivity index (χ1) is 13.2. The van der Waals surface area contributed by atoms with Gasteiger partial charge in [0.15, 0.2) is 0 Å². The first-order valence-corrected chi connectivity index (χ1v) is 9.58. The molecule has 3 heterocycles. The summed E-state index contributed by atoms with van der Waals surface area (Å²) in [7, 11) is 0. The summed E-state index contributed by atoms with van der Waals surface area (Å²) in [5.74, 6) is -1.82. The van der Waals surface area contributed by atoms with Gasteiger partial charge in [0, 0.05) is 30.8 Å². The number of likely N-dealkylation sites (tertiary alicyclic amines) is 1. The number of ether oxygens (including phenoxy) is 2. The van der Waals surface area contributed by atoms with Crippen LogP contribution in [-0.4, -0.2) is 49.6 Å². The number of anilines is 1. The fourth-order valence-electron chi connectivity index (χ4n) is 4.05. The van der Waals surface area contributed by atoms with Crippen LogP contribution in [0.15, 0.2) is 18.2 Å². The number of hydrogen-bond donors (Lipinski definition) is 0. The maximum Gasteiger partial charge on any atom is 0.292 e. The summed E-state index contributed by atoms with van der Waals surface area (Å²) >= 11 is 0. The molecule has 3 aliphatic rings. The van der Waals surface area contributed by atoms with Crippen LogP contribution in [0.5, 0.6) is 0 Å². The van der Waals surface area contributed by atoms with E-state index in [0.29, 0.717) is 30.0 Å². The quantitative estimate of drug-likeness (QED) is 0.815. The topological polar surface area (TPSA) is 82.9 Å². The highest BCUT2D eigenvalue weighted by atomic mass is 16.7. The van der Waals surface area contributed by atoms with E-state index in [1.165, 1.54) is 0 Å². The van der Waals surface area contributed by atoms with Crippen molar-refractivity contribution >= 4 is 17.5 Å². The fourth-order valence-corrected chi connectivity index (χ4v) is 4.05. The van der Waals surface area contributed by atoms with E-state index < -0.39 is 5.79 Å². The van der Waals surface area contributed by atoms with E-state index in [0.717, 1.165) is 38.8 Å². The summed E-state index contributed by atoms with van der Waals surface area (Å²) in [5, 5.41) is 8.92. The number of fused-ring (bicyclic) bond motifs is 2. The van der Waals surface area contributed by atoms with Crippen LogP contribution >= 0.6 is 0 Å². The van der Waals surface area contributed by atoms with Crippen LogP contribution in [0.3, 0.4) is 0 Å². The maximum atomic E-state index is 13.1. The molecule has 0 atom stereocenters. The molecule has 0 radical (unpaired) electrons. The summed E-state index contributed by atoms with van der Waals surface area (Å²) in [6, 6.07) is 7.34. The third-order valence-electron chi connectivity index (χ3n) is 5.41. The lowest BCUT2D eigenvalue weighted by molar-refractivity contribution is -0.256. The van der Waals surface area contributed by atoms with Crippen molar-refractivity contribution in [2.75, 3.05) is 37.7 Å². The van der Waals surface area contributed by atoms with Crippen molar-refractivity contribution in [1.82, 2.24) is 4.90 Å². The Morgan fingerprint density at radius 1 is 1.15 bits per heavy atom. The molecule has 142 valence electrons. The van der Waals surface area contributed by atoms with E-state index in [1.807, 2.05) is 4.90 Å². The summed E-state index contributed by atoms with van der Waals surface area (Å²) in [5.41, 5.74) is 1.78. The average molecular weight is 369 g/mol. The number of nitrogens with zero attached hydrogens (tertiary/aromatic N) is 3. The largest absolute Gasteiger partial charge is 0.339 e. The highest BCUT2D eigenvalue weighted by Crippen LogP contribution is 2.45. The normalized spacial score (nSPS) is 21.2. The van der Waals surface area contributed by atoms with Gasteiger partial charge in [0.2, 0.25) is 0 Å². The van der Waals surface area contributed by atoms with Crippen LogP contribution in [0.25, 0.3) is 0 Å². The third kappa shape index (κ3) is 2.99. The van der Waals surface area contributed by atoms with Crippen LogP contribution in [-0.2, 0) is 20.1 Å². The van der Waals surface area contributed by atoms with Crippen molar-refractivity contribution < 1.29 is 19.1 Å². The molecule has 0 N–H and O–H groups in total. The summed E-state index contributed by atoms with van der Waals surface area (Å²) in [6.45, 7) is 2.64. The second kappa shape index (κ2) is 7.29. The Hall–Kier alpha value is -2.43. The first-order valence-electron chi connectivity index (χ1n) is 9.58. The number of nitriles is 1. The van der Waals surface area contributed by atoms with Crippen LogP contribution in [0.1, 0.15) is 48.0 Å². The molecule has 7 heteroatoms. The van der Waals surface area contributed by atoms with E-state index >= 15 is 0 Å². The van der Waals surface area contributed by atoms with Crippen LogP contribution in [0, 0.1) is 11.3 Å². The zero-order valence-electron chi connectivity index (χ0n) is 15.3. The Labute approximate surface area is 158 Å². The summed E-state index contributed by atoms with van der Waals surface area (Å²) in [6.07, 6.45) is 4.13. The van der Waals surface area contributed by atoms with Crippen molar-refractivity contribution in [3.05, 3.63) is 29.3 Å². The van der Waals surface area contributed by atoms with Gasteiger partial charge in [-0.15, -0.1) is 0 Å². The van der Waals surface area contributed by atoms with Gasteiger partial charge in [0.1, 0.15) is 0 Å². The molecule has 2 fully saturated rings. The summed E-state index contributed by atoms with van der Waals surface area (Å²) < 4.78 is 11.7. The van der Waals surface area contributed by atoms with Crippen molar-refractivity contribution in [1.29, 1.82) is 5.26 Å². The van der Waals surface area contributed by atoms with Gasteiger partial charge in [-0.2, -0.15) is 5.26 Å². The number of piperidine rings is 1. The van der Waals surface area contributed by atoms with Gasteiger partial charge < -0.3 is 19.3 Å². The molecule has 3 aliphatic heterocycles. The highest BCUT2D eigenvalue weighted by molar-refractivity contribution is 6.07. The van der Waals surface area contributed by atoms with Crippen molar-refractivity contribution in [2.45, 2.75) is 37.9 Å². The molecule has 0 aliphatic carbocycles. The second-order valence-electron chi connectivity index (χ2n) is 7.12. The number of carbonyl (C=O) groups is 2. The van der Waals surface area contributed by atoms with Gasteiger partial charge >= 0.3 is 0 Å². The molecule has 1 aromatic carbocycles. The molecule has 0 unspecified atom stereocenters. The van der Waals surface area contributed by atoms with Crippen LogP contribution in [0.4, 0.5) is 5.69 Å². The Kier molecular flexibility index (Phi) is 4.85. The third-order valence-corrected chi connectivity index (χ3v) is 5.41. The van der Waals surface area contributed by atoms with Crippen molar-refractivity contribution in [3.63, 3.8) is 0 Å². The lowest BCUT2D eigenvalue weighted by atomic mass is 10.0. The Morgan fingerprint density at radius 2 is 1.89 bits per heavy atom. The van der Waals surface area contributed by atoms with Gasteiger partial charge in [-0.05, 0) is 43.9 Å². The smallest absolute Gasteiger partial charge is 0.292 e. The van der Waals surface area contributed by atoms with E-state index in [9.17, 15) is 9.59 Å². The van der Waals surface area contributed by atoms with E-state index in [-0.39, 0.29) is 24.8 Å². The molecular formula is C20H23N3O4.